The molecule has 1 heteroatoms. The van der Waals surface area contributed by atoms with Crippen molar-refractivity contribution in [1.29, 1.82) is 0 Å². The molecular weight excluding hydrogens is 139 g/mol. The zero-order chi connectivity index (χ0) is 7.98. The summed E-state index contributed by atoms with van der Waals surface area (Å²) in [5, 5.41) is 1.63. The van der Waals surface area contributed by atoms with Gasteiger partial charge in [0.2, 0.25) is 0 Å². The van der Waals surface area contributed by atoms with E-state index < -0.39 is 0 Å². The van der Waals surface area contributed by atoms with Gasteiger partial charge >= 0.3 is 0 Å². The molecule has 0 fully saturated rings. The van der Waals surface area contributed by atoms with Crippen LogP contribution in [0.3, 0.4) is 0 Å². The predicted octanol–water partition coefficient (Wildman–Crippen LogP) is 3.58. The van der Waals surface area contributed by atoms with E-state index in [1.165, 1.54) is 27.5 Å². The molecule has 0 saturated carbocycles. The third-order valence-electron chi connectivity index (χ3n) is 2.06. The zero-order valence-corrected chi connectivity index (χ0v) is 8.54. The van der Waals surface area contributed by atoms with Crippen LogP contribution in [-0.2, 0) is 0 Å². The second kappa shape index (κ2) is 5.92. The molecule has 0 nitrogen and oxygen atoms in total. The number of rotatable bonds is 4. The molecule has 1 unspecified atom stereocenters. The van der Waals surface area contributed by atoms with Gasteiger partial charge in [-0.15, -0.1) is 8.20 Å². The molecule has 60 valence electrons. The lowest BCUT2D eigenvalue weighted by atomic mass is 10.0. The number of hydrogen-bond acceptors (Lipinski definition) is 0. The van der Waals surface area contributed by atoms with Gasteiger partial charge in [0.25, 0.3) is 0 Å². The highest BCUT2D eigenvalue weighted by atomic mass is 31.1. The van der Waals surface area contributed by atoms with Crippen molar-refractivity contribution in [3.05, 3.63) is 0 Å². The van der Waals surface area contributed by atoms with E-state index in [1.54, 1.807) is 5.29 Å². The zero-order valence-electron chi connectivity index (χ0n) is 7.65. The molecule has 0 radical (unpaired) electrons. The summed E-state index contributed by atoms with van der Waals surface area (Å²) in [6.45, 7) is 9.08. The highest BCUT2D eigenvalue weighted by Gasteiger charge is 2.01. The van der Waals surface area contributed by atoms with Crippen LogP contribution in [0.2, 0.25) is 0 Å². The Hall–Kier alpha value is 0.170. The van der Waals surface area contributed by atoms with Crippen LogP contribution in [0.15, 0.2) is 0 Å². The average Bonchev–Trinajstić information content (AvgIpc) is 1.98. The average molecular weight is 158 g/mol. The Balaban J connectivity index is 3.51. The standard InChI is InChI=1S/C9H19P/c1-5-6-7-8(2)9(3)10-4/h8H,5-7H2,1-4H3. The van der Waals surface area contributed by atoms with Gasteiger partial charge < -0.3 is 0 Å². The van der Waals surface area contributed by atoms with E-state index in [4.69, 9.17) is 0 Å². The summed E-state index contributed by atoms with van der Waals surface area (Å²) < 4.78 is 0. The molecule has 0 saturated heterocycles. The Kier molecular flexibility index (Phi) is 6.02. The minimum Gasteiger partial charge on any atom is -0.109 e. The Bertz CT molecular complexity index is 105. The summed E-state index contributed by atoms with van der Waals surface area (Å²) in [6.07, 6.45) is 4.09. The summed E-state index contributed by atoms with van der Waals surface area (Å²) in [5.74, 6) is 0.839. The summed E-state index contributed by atoms with van der Waals surface area (Å²) in [7, 11) is 1.47. The first-order valence-electron chi connectivity index (χ1n) is 4.15. The summed E-state index contributed by atoms with van der Waals surface area (Å²) in [5.41, 5.74) is 0. The molecular formula is C9H19P. The minimum absolute atomic E-state index is 0.839. The van der Waals surface area contributed by atoms with Gasteiger partial charge in [0.15, 0.2) is 0 Å². The van der Waals surface area contributed by atoms with E-state index in [-0.39, 0.29) is 0 Å². The van der Waals surface area contributed by atoms with Crippen LogP contribution in [0, 0.1) is 5.92 Å². The van der Waals surface area contributed by atoms with Crippen LogP contribution in [0.4, 0.5) is 0 Å². The molecule has 0 aliphatic rings. The monoisotopic (exact) mass is 158 g/mol. The van der Waals surface area contributed by atoms with E-state index in [0.717, 1.165) is 5.92 Å². The van der Waals surface area contributed by atoms with Crippen LogP contribution in [-0.4, -0.2) is 12.0 Å². The highest BCUT2D eigenvalue weighted by Crippen LogP contribution is 2.12. The Labute approximate surface area is 66.8 Å². The van der Waals surface area contributed by atoms with Gasteiger partial charge in [-0.1, -0.05) is 26.7 Å². The Morgan fingerprint density at radius 1 is 1.50 bits per heavy atom. The van der Waals surface area contributed by atoms with Crippen LogP contribution in [0.1, 0.15) is 40.0 Å². The third-order valence-corrected chi connectivity index (χ3v) is 3.20. The molecule has 0 aliphatic carbocycles. The van der Waals surface area contributed by atoms with Crippen molar-refractivity contribution in [2.24, 2.45) is 5.92 Å². The maximum absolute atomic E-state index is 2.33. The molecule has 0 rings (SSSR count). The topological polar surface area (TPSA) is 0 Å². The maximum Gasteiger partial charge on any atom is -0.0191 e. The van der Waals surface area contributed by atoms with Gasteiger partial charge in [0, 0.05) is 0 Å². The van der Waals surface area contributed by atoms with E-state index in [1.807, 2.05) is 0 Å². The van der Waals surface area contributed by atoms with Gasteiger partial charge in [-0.2, -0.15) is 0 Å². The van der Waals surface area contributed by atoms with Crippen LogP contribution in [0.5, 0.6) is 0 Å². The van der Waals surface area contributed by atoms with Crippen LogP contribution in [0.25, 0.3) is 0 Å². The lowest BCUT2D eigenvalue weighted by molar-refractivity contribution is 0.628. The van der Waals surface area contributed by atoms with Gasteiger partial charge in [-0.05, 0) is 31.2 Å². The molecule has 0 aromatic rings. The third kappa shape index (κ3) is 4.06. The second-order valence-electron chi connectivity index (χ2n) is 2.91. The molecule has 10 heavy (non-hydrogen) atoms. The maximum atomic E-state index is 2.33. The molecule has 0 amide bonds. The first kappa shape index (κ1) is 10.2. The van der Waals surface area contributed by atoms with Gasteiger partial charge in [-0.3, -0.25) is 0 Å². The van der Waals surface area contributed by atoms with Crippen molar-refractivity contribution in [2.75, 3.05) is 6.66 Å². The molecule has 0 aliphatic heterocycles. The molecule has 0 heterocycles. The van der Waals surface area contributed by atoms with E-state index in [9.17, 15) is 0 Å². The quantitative estimate of drug-likeness (QED) is 0.548. The van der Waals surface area contributed by atoms with Crippen molar-refractivity contribution in [3.8, 4) is 0 Å². The molecule has 0 spiro atoms. The van der Waals surface area contributed by atoms with Crippen molar-refractivity contribution in [1.82, 2.24) is 0 Å². The molecule has 0 aromatic heterocycles. The Morgan fingerprint density at radius 3 is 2.50 bits per heavy atom. The Morgan fingerprint density at radius 2 is 2.10 bits per heavy atom. The van der Waals surface area contributed by atoms with Gasteiger partial charge in [0.05, 0.1) is 0 Å². The molecule has 0 N–H and O–H groups in total. The smallest absolute Gasteiger partial charge is 0.0191 e. The van der Waals surface area contributed by atoms with Crippen LogP contribution < -0.4 is 0 Å². The van der Waals surface area contributed by atoms with E-state index >= 15 is 0 Å². The molecule has 0 bridgehead atoms. The van der Waals surface area contributed by atoms with Gasteiger partial charge in [0.1, 0.15) is 0 Å². The summed E-state index contributed by atoms with van der Waals surface area (Å²) in [4.78, 5) is 0. The summed E-state index contributed by atoms with van der Waals surface area (Å²) >= 11 is 0. The minimum atomic E-state index is 0.839. The fourth-order valence-corrected chi connectivity index (χ4v) is 1.51. The van der Waals surface area contributed by atoms with Crippen molar-refractivity contribution < 1.29 is 0 Å². The normalized spacial score (nSPS) is 15.4. The van der Waals surface area contributed by atoms with Crippen molar-refractivity contribution >= 4 is 13.5 Å². The number of unbranched alkanes of at least 4 members (excludes halogenated alkanes) is 1. The fourth-order valence-electron chi connectivity index (χ4n) is 0.940. The molecule has 1 atom stereocenters. The molecule has 0 aromatic carbocycles. The summed E-state index contributed by atoms with van der Waals surface area (Å²) in [6, 6.07) is 0. The van der Waals surface area contributed by atoms with E-state index in [2.05, 4.69) is 27.4 Å². The highest BCUT2D eigenvalue weighted by molar-refractivity contribution is 7.39. The lowest BCUT2D eigenvalue weighted by Gasteiger charge is -2.09. The van der Waals surface area contributed by atoms with Crippen molar-refractivity contribution in [2.45, 2.75) is 40.0 Å². The first-order chi connectivity index (χ1) is 4.72. The predicted molar refractivity (Wildman–Crippen MR) is 52.2 cm³/mol. The first-order valence-corrected chi connectivity index (χ1v) is 5.49. The van der Waals surface area contributed by atoms with Crippen molar-refractivity contribution in [3.63, 3.8) is 0 Å². The second-order valence-corrected chi connectivity index (χ2v) is 4.06. The van der Waals surface area contributed by atoms with Crippen LogP contribution >= 0.6 is 8.20 Å². The van der Waals surface area contributed by atoms with E-state index in [0.29, 0.717) is 0 Å². The lowest BCUT2D eigenvalue weighted by Crippen LogP contribution is -2.03. The number of hydrogen-bond donors (Lipinski definition) is 0. The SMILES string of the molecule is CCCCC(C)C(C)=PC. The largest absolute Gasteiger partial charge is 0.109 e. The fraction of sp³-hybridized carbons (Fsp3) is 0.889. The van der Waals surface area contributed by atoms with Gasteiger partial charge in [-0.25, -0.2) is 0 Å².